The van der Waals surface area contributed by atoms with Crippen LogP contribution in [0, 0.1) is 20.8 Å². The summed E-state index contributed by atoms with van der Waals surface area (Å²) in [6, 6.07) is 13.2. The van der Waals surface area contributed by atoms with Crippen molar-refractivity contribution < 1.29 is 14.1 Å². The first kappa shape index (κ1) is 18.7. The van der Waals surface area contributed by atoms with Crippen molar-refractivity contribution in [2.24, 2.45) is 0 Å². The second kappa shape index (κ2) is 8.08. The van der Waals surface area contributed by atoms with E-state index in [1.165, 1.54) is 0 Å². The van der Waals surface area contributed by atoms with Crippen LogP contribution in [0.3, 0.4) is 0 Å². The number of ether oxygens (including phenoxy) is 1. The molecule has 5 heteroatoms. The molecule has 0 aliphatic heterocycles. The minimum absolute atomic E-state index is 0.128. The van der Waals surface area contributed by atoms with Crippen molar-refractivity contribution in [3.05, 3.63) is 76.2 Å². The Hall–Kier alpha value is -3.08. The van der Waals surface area contributed by atoms with E-state index in [2.05, 4.69) is 17.4 Å². The van der Waals surface area contributed by atoms with Gasteiger partial charge in [0.1, 0.15) is 18.1 Å². The summed E-state index contributed by atoms with van der Waals surface area (Å²) in [7, 11) is 0. The van der Waals surface area contributed by atoms with Gasteiger partial charge >= 0.3 is 0 Å². The van der Waals surface area contributed by atoms with Gasteiger partial charge in [0.25, 0.3) is 5.91 Å². The Morgan fingerprint density at radius 3 is 2.48 bits per heavy atom. The average Bonchev–Trinajstić information content (AvgIpc) is 2.99. The Labute approximate surface area is 159 Å². The number of para-hydroxylation sites is 1. The second-order valence-electron chi connectivity index (χ2n) is 6.53. The topological polar surface area (TPSA) is 64.4 Å². The van der Waals surface area contributed by atoms with Crippen LogP contribution in [-0.2, 0) is 13.0 Å². The van der Waals surface area contributed by atoms with E-state index >= 15 is 0 Å². The highest BCUT2D eigenvalue weighted by Gasteiger charge is 2.12. The zero-order valence-electron chi connectivity index (χ0n) is 16.1. The van der Waals surface area contributed by atoms with Crippen molar-refractivity contribution in [3.63, 3.8) is 0 Å². The van der Waals surface area contributed by atoms with E-state index in [9.17, 15) is 4.79 Å². The van der Waals surface area contributed by atoms with Gasteiger partial charge in [-0.1, -0.05) is 30.3 Å². The molecular formula is C22H24N2O3. The van der Waals surface area contributed by atoms with Crippen LogP contribution in [0.2, 0.25) is 0 Å². The fourth-order valence-corrected chi connectivity index (χ4v) is 2.95. The fourth-order valence-electron chi connectivity index (χ4n) is 2.95. The number of carbonyl (C=O) groups is 1. The Kier molecular flexibility index (Phi) is 5.60. The summed E-state index contributed by atoms with van der Waals surface area (Å²) in [5, 5.41) is 6.95. The number of aryl methyl sites for hydroxylation is 4. The molecule has 0 aliphatic carbocycles. The molecule has 1 aromatic heterocycles. The lowest BCUT2D eigenvalue weighted by molar-refractivity contribution is 0.102. The van der Waals surface area contributed by atoms with Gasteiger partial charge < -0.3 is 14.6 Å². The fraction of sp³-hybridized carbons (Fsp3) is 0.273. The molecule has 27 heavy (non-hydrogen) atoms. The van der Waals surface area contributed by atoms with Gasteiger partial charge in [0.05, 0.1) is 11.3 Å². The molecule has 2 aromatic carbocycles. The first-order valence-corrected chi connectivity index (χ1v) is 9.04. The molecule has 5 nitrogen and oxygen atoms in total. The molecule has 0 fully saturated rings. The molecule has 0 saturated carbocycles. The molecule has 1 heterocycles. The Morgan fingerprint density at radius 2 is 1.85 bits per heavy atom. The van der Waals surface area contributed by atoms with E-state index < -0.39 is 0 Å². The maximum Gasteiger partial charge on any atom is 0.255 e. The molecule has 0 atom stereocenters. The van der Waals surface area contributed by atoms with E-state index in [1.807, 2.05) is 39.0 Å². The largest absolute Gasteiger partial charge is 0.489 e. The molecule has 3 rings (SSSR count). The number of carbonyl (C=O) groups excluding carboxylic acids is 1. The monoisotopic (exact) mass is 364 g/mol. The van der Waals surface area contributed by atoms with Crippen molar-refractivity contribution >= 4 is 11.6 Å². The zero-order chi connectivity index (χ0) is 19.4. The molecule has 1 amide bonds. The highest BCUT2D eigenvalue weighted by atomic mass is 16.5. The van der Waals surface area contributed by atoms with E-state index in [1.54, 1.807) is 24.3 Å². The molecule has 0 aliphatic rings. The maximum atomic E-state index is 12.6. The van der Waals surface area contributed by atoms with Crippen LogP contribution in [0.4, 0.5) is 5.69 Å². The summed E-state index contributed by atoms with van der Waals surface area (Å²) < 4.78 is 10.9. The number of hydrogen-bond donors (Lipinski definition) is 1. The normalized spacial score (nSPS) is 10.7. The third-order valence-electron chi connectivity index (χ3n) is 4.66. The predicted octanol–water partition coefficient (Wildman–Crippen LogP) is 4.99. The Balaban J connectivity index is 1.67. The predicted molar refractivity (Wildman–Crippen MR) is 105 cm³/mol. The summed E-state index contributed by atoms with van der Waals surface area (Å²) in [5.41, 5.74) is 5.44. The van der Waals surface area contributed by atoms with Crippen molar-refractivity contribution in [2.75, 3.05) is 5.32 Å². The van der Waals surface area contributed by atoms with Gasteiger partial charge in [0, 0.05) is 11.3 Å². The molecule has 0 unspecified atom stereocenters. The van der Waals surface area contributed by atoms with E-state index in [0.717, 1.165) is 40.3 Å². The minimum Gasteiger partial charge on any atom is -0.489 e. The standard InChI is InChI=1S/C22H24N2O3/c1-5-17-8-6-7-14(2)21(17)23-22(25)18-9-11-19(12-10-18)26-13-20-15(3)24-27-16(20)4/h6-12H,5,13H2,1-4H3,(H,23,25). The van der Waals surface area contributed by atoms with Gasteiger partial charge in [0.15, 0.2) is 0 Å². The molecule has 1 N–H and O–H groups in total. The van der Waals surface area contributed by atoms with Crippen LogP contribution in [-0.4, -0.2) is 11.1 Å². The lowest BCUT2D eigenvalue weighted by atomic mass is 10.1. The van der Waals surface area contributed by atoms with Crippen molar-refractivity contribution in [3.8, 4) is 5.75 Å². The third-order valence-corrected chi connectivity index (χ3v) is 4.66. The SMILES string of the molecule is CCc1cccc(C)c1NC(=O)c1ccc(OCc2c(C)noc2C)cc1. The van der Waals surface area contributed by atoms with E-state index in [0.29, 0.717) is 17.9 Å². The highest BCUT2D eigenvalue weighted by molar-refractivity contribution is 6.05. The number of nitrogens with zero attached hydrogens (tertiary/aromatic N) is 1. The van der Waals surface area contributed by atoms with Crippen molar-refractivity contribution in [1.82, 2.24) is 5.16 Å². The molecule has 140 valence electrons. The second-order valence-corrected chi connectivity index (χ2v) is 6.53. The maximum absolute atomic E-state index is 12.6. The van der Waals surface area contributed by atoms with Crippen LogP contribution in [0.25, 0.3) is 0 Å². The van der Waals surface area contributed by atoms with Gasteiger partial charge in [-0.2, -0.15) is 0 Å². The van der Waals surface area contributed by atoms with Crippen molar-refractivity contribution in [2.45, 2.75) is 40.7 Å². The minimum atomic E-state index is -0.128. The Bertz CT molecular complexity index is 923. The number of aromatic nitrogens is 1. The summed E-state index contributed by atoms with van der Waals surface area (Å²) >= 11 is 0. The summed E-state index contributed by atoms with van der Waals surface area (Å²) in [6.45, 7) is 8.22. The number of amides is 1. The zero-order valence-corrected chi connectivity index (χ0v) is 16.1. The van der Waals surface area contributed by atoms with Gasteiger partial charge in [-0.05, 0) is 62.6 Å². The van der Waals surface area contributed by atoms with Crippen LogP contribution >= 0.6 is 0 Å². The Morgan fingerprint density at radius 1 is 1.11 bits per heavy atom. The van der Waals surface area contributed by atoms with Gasteiger partial charge in [0.2, 0.25) is 0 Å². The third kappa shape index (κ3) is 4.19. The van der Waals surface area contributed by atoms with Crippen LogP contribution < -0.4 is 10.1 Å². The smallest absolute Gasteiger partial charge is 0.255 e. The number of rotatable bonds is 6. The van der Waals surface area contributed by atoms with Gasteiger partial charge in [-0.25, -0.2) is 0 Å². The lowest BCUT2D eigenvalue weighted by Gasteiger charge is -2.13. The molecular weight excluding hydrogens is 340 g/mol. The first-order chi connectivity index (χ1) is 13.0. The van der Waals surface area contributed by atoms with Crippen LogP contribution in [0.5, 0.6) is 5.75 Å². The summed E-state index contributed by atoms with van der Waals surface area (Å²) in [4.78, 5) is 12.6. The first-order valence-electron chi connectivity index (χ1n) is 9.04. The molecule has 0 saturated heterocycles. The molecule has 3 aromatic rings. The number of hydrogen-bond acceptors (Lipinski definition) is 4. The van der Waals surface area contributed by atoms with E-state index in [4.69, 9.17) is 9.26 Å². The molecule has 0 radical (unpaired) electrons. The summed E-state index contributed by atoms with van der Waals surface area (Å²) in [5.74, 6) is 1.32. The van der Waals surface area contributed by atoms with Gasteiger partial charge in [-0.15, -0.1) is 0 Å². The van der Waals surface area contributed by atoms with Crippen molar-refractivity contribution in [1.29, 1.82) is 0 Å². The van der Waals surface area contributed by atoms with E-state index in [-0.39, 0.29) is 5.91 Å². The molecule has 0 spiro atoms. The lowest BCUT2D eigenvalue weighted by Crippen LogP contribution is -2.14. The quantitative estimate of drug-likeness (QED) is 0.669. The average molecular weight is 364 g/mol. The highest BCUT2D eigenvalue weighted by Crippen LogP contribution is 2.23. The number of nitrogens with one attached hydrogen (secondary N) is 1. The van der Waals surface area contributed by atoms with Gasteiger partial charge in [-0.3, -0.25) is 4.79 Å². The summed E-state index contributed by atoms with van der Waals surface area (Å²) in [6.07, 6.45) is 0.867. The number of anilines is 1. The van der Waals surface area contributed by atoms with Crippen LogP contribution in [0.1, 0.15) is 45.4 Å². The van der Waals surface area contributed by atoms with Crippen LogP contribution in [0.15, 0.2) is 47.0 Å². The molecule has 0 bridgehead atoms. The number of benzene rings is 2.